The molecule has 1 aromatic heterocycles. The summed E-state index contributed by atoms with van der Waals surface area (Å²) < 4.78 is 0. The Morgan fingerprint density at radius 2 is 1.77 bits per heavy atom. The van der Waals surface area contributed by atoms with E-state index in [1.807, 2.05) is 13.1 Å². The number of rotatable bonds is 2. The van der Waals surface area contributed by atoms with E-state index >= 15 is 0 Å². The third-order valence-electron chi connectivity index (χ3n) is 5.68. The van der Waals surface area contributed by atoms with Crippen LogP contribution in [0, 0.1) is 25.7 Å². The normalized spacial score (nSPS) is 24.7. The van der Waals surface area contributed by atoms with Gasteiger partial charge in [-0.1, -0.05) is 24.3 Å². The number of hydrogen-bond acceptors (Lipinski definition) is 5. The zero-order chi connectivity index (χ0) is 16.8. The summed E-state index contributed by atoms with van der Waals surface area (Å²) in [5, 5.41) is 0. The van der Waals surface area contributed by atoms with Crippen molar-refractivity contribution in [2.75, 3.05) is 37.3 Å². The van der Waals surface area contributed by atoms with Crippen molar-refractivity contribution in [3.8, 4) is 0 Å². The maximum Gasteiger partial charge on any atom is 0.227 e. The van der Waals surface area contributed by atoms with E-state index in [1.54, 1.807) is 0 Å². The van der Waals surface area contributed by atoms with Gasteiger partial charge in [-0.25, -0.2) is 4.98 Å². The van der Waals surface area contributed by atoms with E-state index in [2.05, 4.69) is 58.0 Å². The third kappa shape index (κ3) is 3.48. The lowest BCUT2D eigenvalue weighted by Gasteiger charge is -2.28. The van der Waals surface area contributed by atoms with E-state index in [0.717, 1.165) is 31.1 Å². The highest BCUT2D eigenvalue weighted by atomic mass is 35.5. The monoisotopic (exact) mass is 395 g/mol. The van der Waals surface area contributed by atoms with E-state index < -0.39 is 0 Å². The van der Waals surface area contributed by atoms with Gasteiger partial charge in [0.2, 0.25) is 5.95 Å². The fourth-order valence-electron chi connectivity index (χ4n) is 4.41. The molecule has 2 saturated heterocycles. The fraction of sp³-hybridized carbons (Fsp3) is 0.474. The van der Waals surface area contributed by atoms with Gasteiger partial charge in [0, 0.05) is 43.4 Å². The number of aryl methyl sites for hydroxylation is 2. The highest BCUT2D eigenvalue weighted by Crippen LogP contribution is 2.45. The molecule has 2 aliphatic rings. The number of nitrogens with zero attached hydrogens (tertiary/aromatic N) is 4. The molecule has 3 atom stereocenters. The molecule has 2 N–H and O–H groups in total. The first-order valence-electron chi connectivity index (χ1n) is 8.64. The molecule has 7 heteroatoms. The molecule has 3 heterocycles. The Labute approximate surface area is 167 Å². The standard InChI is InChI=1S/C19H25N5.2ClH/c1-12-6-4-5-7-15(12)17-16-11-24(10-14(16)9-23(17)3)19-21-8-13(2)18(20)22-19;;/h4-8,14,16-17H,9-11H2,1-3H3,(H2,20,21,22);2*1H/t14-,16+,17+;;/m0../s1. The number of likely N-dealkylation sites (tertiary alicyclic amines) is 1. The van der Waals surface area contributed by atoms with Crippen LogP contribution in [-0.4, -0.2) is 41.5 Å². The minimum Gasteiger partial charge on any atom is -0.383 e. The molecule has 5 nitrogen and oxygen atoms in total. The van der Waals surface area contributed by atoms with Gasteiger partial charge in [0.05, 0.1) is 0 Å². The Bertz CT molecular complexity index is 769. The summed E-state index contributed by atoms with van der Waals surface area (Å²) in [6.07, 6.45) is 1.83. The minimum atomic E-state index is 0. The zero-order valence-electron chi connectivity index (χ0n) is 15.4. The topological polar surface area (TPSA) is 58.3 Å². The quantitative estimate of drug-likeness (QED) is 0.845. The average Bonchev–Trinajstić information content (AvgIpc) is 3.08. The molecular weight excluding hydrogens is 369 g/mol. The summed E-state index contributed by atoms with van der Waals surface area (Å²) in [4.78, 5) is 13.8. The number of fused-ring (bicyclic) bond motifs is 1. The summed E-state index contributed by atoms with van der Waals surface area (Å²) in [6, 6.07) is 9.24. The summed E-state index contributed by atoms with van der Waals surface area (Å²) in [7, 11) is 2.25. The summed E-state index contributed by atoms with van der Waals surface area (Å²) in [6.45, 7) is 7.30. The van der Waals surface area contributed by atoms with Crippen LogP contribution in [0.5, 0.6) is 0 Å². The molecule has 0 radical (unpaired) electrons. The number of nitrogen functional groups attached to an aromatic ring is 1. The molecule has 142 valence electrons. The highest BCUT2D eigenvalue weighted by Gasteiger charge is 2.47. The first kappa shape index (κ1) is 20.7. The predicted molar refractivity (Wildman–Crippen MR) is 111 cm³/mol. The maximum absolute atomic E-state index is 5.98. The molecule has 2 aliphatic heterocycles. The van der Waals surface area contributed by atoms with Gasteiger partial charge in [-0.15, -0.1) is 24.8 Å². The number of nitrogens with two attached hydrogens (primary N) is 1. The molecule has 1 aromatic carbocycles. The molecule has 0 amide bonds. The first-order chi connectivity index (χ1) is 11.5. The van der Waals surface area contributed by atoms with Crippen LogP contribution in [0.3, 0.4) is 0 Å². The van der Waals surface area contributed by atoms with Crippen molar-refractivity contribution >= 4 is 36.6 Å². The molecule has 0 aliphatic carbocycles. The number of halogens is 2. The first-order valence-corrected chi connectivity index (χ1v) is 8.64. The van der Waals surface area contributed by atoms with Gasteiger partial charge < -0.3 is 10.6 Å². The van der Waals surface area contributed by atoms with Crippen LogP contribution in [0.15, 0.2) is 30.5 Å². The Hall–Kier alpha value is -1.56. The van der Waals surface area contributed by atoms with E-state index in [1.165, 1.54) is 11.1 Å². The summed E-state index contributed by atoms with van der Waals surface area (Å²) in [5.74, 6) is 2.64. The predicted octanol–water partition coefficient (Wildman–Crippen LogP) is 3.26. The van der Waals surface area contributed by atoms with Crippen LogP contribution < -0.4 is 10.6 Å². The highest BCUT2D eigenvalue weighted by molar-refractivity contribution is 5.85. The second kappa shape index (κ2) is 7.99. The number of aromatic nitrogens is 2. The lowest BCUT2D eigenvalue weighted by atomic mass is 9.88. The average molecular weight is 396 g/mol. The van der Waals surface area contributed by atoms with Crippen LogP contribution in [0.2, 0.25) is 0 Å². The van der Waals surface area contributed by atoms with Crippen molar-refractivity contribution < 1.29 is 0 Å². The number of anilines is 2. The lowest BCUT2D eigenvalue weighted by molar-refractivity contribution is 0.278. The second-order valence-corrected chi connectivity index (χ2v) is 7.31. The smallest absolute Gasteiger partial charge is 0.227 e. The largest absolute Gasteiger partial charge is 0.383 e. The fourth-order valence-corrected chi connectivity index (χ4v) is 4.41. The SMILES string of the molecule is Cc1ccccc1[C@@H]1[C@@H]2CN(c3ncc(C)c(N)n3)C[C@@H]2CN1C.Cl.Cl. The van der Waals surface area contributed by atoms with E-state index in [-0.39, 0.29) is 24.8 Å². The minimum absolute atomic E-state index is 0. The maximum atomic E-state index is 5.98. The van der Waals surface area contributed by atoms with Crippen molar-refractivity contribution in [3.63, 3.8) is 0 Å². The molecule has 2 aromatic rings. The van der Waals surface area contributed by atoms with Crippen molar-refractivity contribution in [1.82, 2.24) is 14.9 Å². The molecule has 2 fully saturated rings. The zero-order valence-corrected chi connectivity index (χ0v) is 17.1. The van der Waals surface area contributed by atoms with Crippen LogP contribution in [0.25, 0.3) is 0 Å². The second-order valence-electron chi connectivity index (χ2n) is 7.31. The van der Waals surface area contributed by atoms with E-state index in [0.29, 0.717) is 23.7 Å². The summed E-state index contributed by atoms with van der Waals surface area (Å²) in [5.41, 5.74) is 9.75. The van der Waals surface area contributed by atoms with Gasteiger partial charge in [0.15, 0.2) is 0 Å². The molecule has 0 spiro atoms. The number of benzene rings is 1. The van der Waals surface area contributed by atoms with E-state index in [4.69, 9.17) is 5.73 Å². The molecule has 0 saturated carbocycles. The molecule has 26 heavy (non-hydrogen) atoms. The van der Waals surface area contributed by atoms with Crippen LogP contribution >= 0.6 is 24.8 Å². The molecule has 4 rings (SSSR count). The Morgan fingerprint density at radius 1 is 1.04 bits per heavy atom. The molecular formula is C19H27Cl2N5. The van der Waals surface area contributed by atoms with Crippen molar-refractivity contribution in [1.29, 1.82) is 0 Å². The van der Waals surface area contributed by atoms with Crippen LogP contribution in [-0.2, 0) is 0 Å². The van der Waals surface area contributed by atoms with Gasteiger partial charge in [0.25, 0.3) is 0 Å². The van der Waals surface area contributed by atoms with Crippen LogP contribution in [0.4, 0.5) is 11.8 Å². The van der Waals surface area contributed by atoms with Gasteiger partial charge in [0.1, 0.15) is 5.82 Å². The van der Waals surface area contributed by atoms with Gasteiger partial charge in [-0.05, 0) is 37.9 Å². The van der Waals surface area contributed by atoms with E-state index in [9.17, 15) is 0 Å². The molecule has 0 unspecified atom stereocenters. The van der Waals surface area contributed by atoms with Gasteiger partial charge >= 0.3 is 0 Å². The Balaban J connectivity index is 0.00000121. The van der Waals surface area contributed by atoms with Crippen molar-refractivity contribution in [3.05, 3.63) is 47.2 Å². The Morgan fingerprint density at radius 3 is 2.46 bits per heavy atom. The van der Waals surface area contributed by atoms with Crippen molar-refractivity contribution in [2.45, 2.75) is 19.9 Å². The van der Waals surface area contributed by atoms with Gasteiger partial charge in [-0.2, -0.15) is 4.98 Å². The molecule has 0 bridgehead atoms. The summed E-state index contributed by atoms with van der Waals surface area (Å²) >= 11 is 0. The third-order valence-corrected chi connectivity index (χ3v) is 5.68. The lowest BCUT2D eigenvalue weighted by Crippen LogP contribution is -2.30. The van der Waals surface area contributed by atoms with Crippen LogP contribution in [0.1, 0.15) is 22.7 Å². The van der Waals surface area contributed by atoms with Crippen molar-refractivity contribution in [2.24, 2.45) is 11.8 Å². The van der Waals surface area contributed by atoms with Gasteiger partial charge in [-0.3, -0.25) is 4.90 Å². The Kier molecular flexibility index (Phi) is 6.37. The number of hydrogen-bond donors (Lipinski definition) is 1.